The third-order valence-electron chi connectivity index (χ3n) is 2.97. The number of carbonyl (C=O) groups is 1. The van der Waals surface area contributed by atoms with Gasteiger partial charge in [-0.25, -0.2) is 4.39 Å². The Morgan fingerprint density at radius 3 is 2.76 bits per heavy atom. The van der Waals surface area contributed by atoms with Crippen LogP contribution in [0.25, 0.3) is 0 Å². The number of H-pyrrole nitrogens is 1. The predicted octanol–water partition coefficient (Wildman–Crippen LogP) is 4.13. The highest BCUT2D eigenvalue weighted by Gasteiger charge is 2.19. The lowest BCUT2D eigenvalue weighted by molar-refractivity contribution is 0.0945. The molecule has 1 aromatic carbocycles. The fourth-order valence-corrected chi connectivity index (χ4v) is 3.01. The number of benzene rings is 1. The molecular weight excluding hydrogens is 405 g/mol. The van der Waals surface area contributed by atoms with E-state index in [-0.39, 0.29) is 24.2 Å². The van der Waals surface area contributed by atoms with Gasteiger partial charge in [-0.1, -0.05) is 29.8 Å². The summed E-state index contributed by atoms with van der Waals surface area (Å²) in [6.45, 7) is 4.22. The molecular formula is C14H14Br2FN3O. The Morgan fingerprint density at radius 2 is 2.14 bits per heavy atom. The average Bonchev–Trinajstić information content (AvgIpc) is 2.81. The first-order valence-corrected chi connectivity index (χ1v) is 7.94. The Bertz CT molecular complexity index is 670. The maximum atomic E-state index is 13.2. The van der Waals surface area contributed by atoms with Crippen molar-refractivity contribution in [3.05, 3.63) is 49.9 Å². The van der Waals surface area contributed by atoms with Gasteiger partial charge in [-0.05, 0) is 45.6 Å². The van der Waals surface area contributed by atoms with Gasteiger partial charge in [0.25, 0.3) is 5.91 Å². The van der Waals surface area contributed by atoms with Gasteiger partial charge in [0, 0.05) is 11.0 Å². The van der Waals surface area contributed by atoms with E-state index in [4.69, 9.17) is 0 Å². The topological polar surface area (TPSA) is 57.8 Å². The summed E-state index contributed by atoms with van der Waals surface area (Å²) in [5.74, 6) is -0.433. The zero-order chi connectivity index (χ0) is 15.6. The second-order valence-electron chi connectivity index (χ2n) is 4.87. The van der Waals surface area contributed by atoms with E-state index in [0.717, 1.165) is 10.2 Å². The van der Waals surface area contributed by atoms with Crippen LogP contribution in [-0.4, -0.2) is 16.1 Å². The molecule has 2 N–H and O–H groups in total. The third-order valence-corrected chi connectivity index (χ3v) is 4.55. The number of amides is 1. The first-order valence-electron chi connectivity index (χ1n) is 6.36. The number of halogens is 3. The van der Waals surface area contributed by atoms with E-state index in [2.05, 4.69) is 47.4 Å². The SMILES string of the molecule is CC(C)c1[nH]nc(C(=O)NCc2cc(F)ccc2Br)c1Br. The van der Waals surface area contributed by atoms with Crippen molar-refractivity contribution in [2.24, 2.45) is 0 Å². The summed E-state index contributed by atoms with van der Waals surface area (Å²) >= 11 is 6.71. The monoisotopic (exact) mass is 417 g/mol. The predicted molar refractivity (Wildman–Crippen MR) is 85.6 cm³/mol. The van der Waals surface area contributed by atoms with Crippen LogP contribution >= 0.6 is 31.9 Å². The van der Waals surface area contributed by atoms with Crippen molar-refractivity contribution in [3.63, 3.8) is 0 Å². The van der Waals surface area contributed by atoms with E-state index in [1.807, 2.05) is 13.8 Å². The van der Waals surface area contributed by atoms with Gasteiger partial charge in [-0.3, -0.25) is 9.89 Å². The molecule has 0 aliphatic heterocycles. The molecule has 0 aliphatic rings. The van der Waals surface area contributed by atoms with Crippen LogP contribution in [0.1, 0.15) is 41.5 Å². The summed E-state index contributed by atoms with van der Waals surface area (Å²) in [5, 5.41) is 9.59. The zero-order valence-corrected chi connectivity index (χ0v) is 14.7. The van der Waals surface area contributed by atoms with Crippen LogP contribution < -0.4 is 5.32 Å². The van der Waals surface area contributed by atoms with Crippen LogP contribution in [0.4, 0.5) is 4.39 Å². The number of rotatable bonds is 4. The second kappa shape index (κ2) is 6.70. The lowest BCUT2D eigenvalue weighted by Gasteiger charge is -2.07. The van der Waals surface area contributed by atoms with E-state index < -0.39 is 0 Å². The molecule has 1 heterocycles. The van der Waals surface area contributed by atoms with Crippen LogP contribution in [-0.2, 0) is 6.54 Å². The number of carbonyl (C=O) groups excluding carboxylic acids is 1. The van der Waals surface area contributed by atoms with Crippen LogP contribution in [0.2, 0.25) is 0 Å². The zero-order valence-electron chi connectivity index (χ0n) is 11.5. The standard InChI is InChI=1S/C14H14Br2FN3O/c1-7(2)12-11(16)13(20-19-12)14(21)18-6-8-5-9(17)3-4-10(8)15/h3-5,7H,6H2,1-2H3,(H,18,21)(H,19,20). The molecule has 1 aromatic heterocycles. The molecule has 0 bridgehead atoms. The highest BCUT2D eigenvalue weighted by molar-refractivity contribution is 9.10. The molecule has 0 aliphatic carbocycles. The number of nitrogens with zero attached hydrogens (tertiary/aromatic N) is 1. The van der Waals surface area contributed by atoms with Crippen molar-refractivity contribution in [1.29, 1.82) is 0 Å². The maximum Gasteiger partial charge on any atom is 0.273 e. The lowest BCUT2D eigenvalue weighted by atomic mass is 10.1. The third kappa shape index (κ3) is 3.71. The minimum atomic E-state index is -0.342. The summed E-state index contributed by atoms with van der Waals surface area (Å²) in [5.41, 5.74) is 1.83. The van der Waals surface area contributed by atoms with Gasteiger partial charge in [0.05, 0.1) is 10.2 Å². The molecule has 0 unspecified atom stereocenters. The van der Waals surface area contributed by atoms with E-state index in [9.17, 15) is 9.18 Å². The van der Waals surface area contributed by atoms with Crippen LogP contribution in [0.5, 0.6) is 0 Å². The molecule has 112 valence electrons. The Hall–Kier alpha value is -1.21. The van der Waals surface area contributed by atoms with E-state index in [1.54, 1.807) is 6.07 Å². The van der Waals surface area contributed by atoms with Crippen molar-refractivity contribution in [2.75, 3.05) is 0 Å². The normalized spacial score (nSPS) is 11.0. The van der Waals surface area contributed by atoms with Gasteiger partial charge in [-0.15, -0.1) is 0 Å². The summed E-state index contributed by atoms with van der Waals surface area (Å²) in [4.78, 5) is 12.1. The van der Waals surface area contributed by atoms with E-state index >= 15 is 0 Å². The smallest absolute Gasteiger partial charge is 0.273 e. The molecule has 4 nitrogen and oxygen atoms in total. The summed E-state index contributed by atoms with van der Waals surface area (Å²) in [7, 11) is 0. The Balaban J connectivity index is 2.10. The first-order chi connectivity index (χ1) is 9.90. The fraction of sp³-hybridized carbons (Fsp3) is 0.286. The quantitative estimate of drug-likeness (QED) is 0.784. The van der Waals surface area contributed by atoms with Crippen molar-refractivity contribution in [1.82, 2.24) is 15.5 Å². The molecule has 0 radical (unpaired) electrons. The minimum Gasteiger partial charge on any atom is -0.346 e. The molecule has 0 saturated carbocycles. The maximum absolute atomic E-state index is 13.2. The number of hydrogen-bond donors (Lipinski definition) is 2. The number of aromatic nitrogens is 2. The van der Waals surface area contributed by atoms with Crippen molar-refractivity contribution >= 4 is 37.8 Å². The number of nitrogens with one attached hydrogen (secondary N) is 2. The molecule has 0 atom stereocenters. The summed E-state index contributed by atoms with van der Waals surface area (Å²) < 4.78 is 14.6. The fourth-order valence-electron chi connectivity index (χ4n) is 1.81. The van der Waals surface area contributed by atoms with Crippen LogP contribution in [0.15, 0.2) is 27.1 Å². The van der Waals surface area contributed by atoms with E-state index in [1.165, 1.54) is 12.1 Å². The highest BCUT2D eigenvalue weighted by Crippen LogP contribution is 2.25. The second-order valence-corrected chi connectivity index (χ2v) is 6.52. The van der Waals surface area contributed by atoms with Gasteiger partial charge < -0.3 is 5.32 Å². The summed E-state index contributed by atoms with van der Waals surface area (Å²) in [6.07, 6.45) is 0. The average molecular weight is 419 g/mol. The highest BCUT2D eigenvalue weighted by atomic mass is 79.9. The Kier molecular flexibility index (Phi) is 5.16. The van der Waals surface area contributed by atoms with Crippen LogP contribution in [0.3, 0.4) is 0 Å². The molecule has 2 aromatic rings. The first kappa shape index (κ1) is 16.2. The van der Waals surface area contributed by atoms with Crippen molar-refractivity contribution in [3.8, 4) is 0 Å². The molecule has 1 amide bonds. The summed E-state index contributed by atoms with van der Waals surface area (Å²) in [6, 6.07) is 4.34. The van der Waals surface area contributed by atoms with E-state index in [0.29, 0.717) is 15.7 Å². The van der Waals surface area contributed by atoms with Crippen LogP contribution in [0, 0.1) is 5.82 Å². The molecule has 0 spiro atoms. The van der Waals surface area contributed by atoms with Gasteiger partial charge in [-0.2, -0.15) is 5.10 Å². The Labute approximate surface area is 138 Å². The van der Waals surface area contributed by atoms with Gasteiger partial charge in [0.1, 0.15) is 5.82 Å². The van der Waals surface area contributed by atoms with Gasteiger partial charge in [0.2, 0.25) is 0 Å². The minimum absolute atomic E-state index is 0.216. The number of hydrogen-bond acceptors (Lipinski definition) is 2. The Morgan fingerprint density at radius 1 is 1.43 bits per heavy atom. The lowest BCUT2D eigenvalue weighted by Crippen LogP contribution is -2.23. The molecule has 0 fully saturated rings. The molecule has 2 rings (SSSR count). The molecule has 0 saturated heterocycles. The van der Waals surface area contributed by atoms with Gasteiger partial charge in [0.15, 0.2) is 5.69 Å². The van der Waals surface area contributed by atoms with Crippen molar-refractivity contribution in [2.45, 2.75) is 26.3 Å². The van der Waals surface area contributed by atoms with Gasteiger partial charge >= 0.3 is 0 Å². The number of aromatic amines is 1. The largest absolute Gasteiger partial charge is 0.346 e. The van der Waals surface area contributed by atoms with Crippen molar-refractivity contribution < 1.29 is 9.18 Å². The molecule has 21 heavy (non-hydrogen) atoms. The molecule has 7 heteroatoms.